The smallest absolute Gasteiger partial charge is 0.231 e. The van der Waals surface area contributed by atoms with Gasteiger partial charge in [0.1, 0.15) is 11.6 Å². The number of hydrogen-bond acceptors (Lipinski definition) is 3. The molecule has 1 amide bonds. The first kappa shape index (κ1) is 11.9. The molecule has 1 aliphatic heterocycles. The first-order valence-electron chi connectivity index (χ1n) is 5.16. The van der Waals surface area contributed by atoms with Gasteiger partial charge in [-0.25, -0.2) is 8.78 Å². The third kappa shape index (κ3) is 2.78. The fraction of sp³-hybridized carbons (Fsp3) is 0.364. The summed E-state index contributed by atoms with van der Waals surface area (Å²) in [6.45, 7) is 0.542. The molecule has 1 aliphatic rings. The van der Waals surface area contributed by atoms with Gasteiger partial charge in [-0.15, -0.1) is 0 Å². The summed E-state index contributed by atoms with van der Waals surface area (Å²) in [6, 6.07) is 2.44. The number of nitrogens with two attached hydrogens (primary N) is 1. The van der Waals surface area contributed by atoms with E-state index in [1.807, 2.05) is 0 Å². The van der Waals surface area contributed by atoms with Gasteiger partial charge >= 0.3 is 0 Å². The Morgan fingerprint density at radius 2 is 1.94 bits per heavy atom. The van der Waals surface area contributed by atoms with Gasteiger partial charge in [0.25, 0.3) is 0 Å². The minimum absolute atomic E-state index is 0.0756. The van der Waals surface area contributed by atoms with Crippen LogP contribution in [0.3, 0.4) is 0 Å². The maximum Gasteiger partial charge on any atom is 0.231 e. The van der Waals surface area contributed by atoms with Gasteiger partial charge in [-0.2, -0.15) is 0 Å². The Labute approximate surface area is 96.7 Å². The van der Waals surface area contributed by atoms with E-state index in [4.69, 9.17) is 10.5 Å². The summed E-state index contributed by atoms with van der Waals surface area (Å²) >= 11 is 0. The van der Waals surface area contributed by atoms with Crippen molar-refractivity contribution in [3.8, 4) is 0 Å². The number of hydrogen-bond donors (Lipinski definition) is 2. The molecular weight excluding hydrogens is 230 g/mol. The van der Waals surface area contributed by atoms with Crippen molar-refractivity contribution >= 4 is 11.6 Å². The third-order valence-electron chi connectivity index (χ3n) is 2.59. The summed E-state index contributed by atoms with van der Waals surface area (Å²) in [5, 5.41) is 2.42. The number of halogens is 2. The highest BCUT2D eigenvalue weighted by molar-refractivity contribution is 5.93. The van der Waals surface area contributed by atoms with E-state index in [0.717, 1.165) is 18.2 Å². The van der Waals surface area contributed by atoms with Crippen molar-refractivity contribution in [1.29, 1.82) is 0 Å². The average molecular weight is 242 g/mol. The molecule has 4 nitrogen and oxygen atoms in total. The fourth-order valence-corrected chi connectivity index (χ4v) is 1.70. The standard InChI is InChI=1S/C11H12F2N2O2/c12-6-1-7(13)3-8(2-6)15-11(16)9-4-17-5-10(9)14/h1-3,9-10H,4-5,14H2,(H,15,16). The Kier molecular flexibility index (Phi) is 3.35. The van der Waals surface area contributed by atoms with Gasteiger partial charge in [-0.3, -0.25) is 4.79 Å². The lowest BCUT2D eigenvalue weighted by Crippen LogP contribution is -2.37. The molecule has 1 heterocycles. The molecule has 6 heteroatoms. The summed E-state index contributed by atoms with van der Waals surface area (Å²) in [5.41, 5.74) is 5.73. The summed E-state index contributed by atoms with van der Waals surface area (Å²) in [7, 11) is 0. The van der Waals surface area contributed by atoms with Crippen LogP contribution in [0.1, 0.15) is 0 Å². The summed E-state index contributed by atoms with van der Waals surface area (Å²) in [6.07, 6.45) is 0. The van der Waals surface area contributed by atoms with Crippen molar-refractivity contribution in [3.05, 3.63) is 29.8 Å². The lowest BCUT2D eigenvalue weighted by molar-refractivity contribution is -0.120. The van der Waals surface area contributed by atoms with E-state index < -0.39 is 17.6 Å². The number of benzene rings is 1. The number of rotatable bonds is 2. The van der Waals surface area contributed by atoms with E-state index in [9.17, 15) is 13.6 Å². The van der Waals surface area contributed by atoms with Crippen LogP contribution in [0.25, 0.3) is 0 Å². The minimum atomic E-state index is -0.743. The molecule has 2 unspecified atom stereocenters. The van der Waals surface area contributed by atoms with E-state index in [0.29, 0.717) is 6.61 Å². The second-order valence-corrected chi connectivity index (χ2v) is 3.96. The van der Waals surface area contributed by atoms with Crippen LogP contribution in [0.5, 0.6) is 0 Å². The van der Waals surface area contributed by atoms with Crippen molar-refractivity contribution in [2.45, 2.75) is 6.04 Å². The average Bonchev–Trinajstić information content (AvgIpc) is 2.62. The molecule has 0 saturated carbocycles. The molecule has 2 atom stereocenters. The molecule has 1 aromatic carbocycles. The Morgan fingerprint density at radius 3 is 2.47 bits per heavy atom. The third-order valence-corrected chi connectivity index (χ3v) is 2.59. The van der Waals surface area contributed by atoms with Crippen LogP contribution >= 0.6 is 0 Å². The van der Waals surface area contributed by atoms with Crippen LogP contribution in [0.4, 0.5) is 14.5 Å². The van der Waals surface area contributed by atoms with Crippen LogP contribution in [0.2, 0.25) is 0 Å². The fourth-order valence-electron chi connectivity index (χ4n) is 1.70. The van der Waals surface area contributed by atoms with Crippen LogP contribution in [-0.2, 0) is 9.53 Å². The molecule has 3 N–H and O–H groups in total. The Hall–Kier alpha value is -1.53. The number of ether oxygens (including phenoxy) is 1. The molecule has 17 heavy (non-hydrogen) atoms. The normalized spacial score (nSPS) is 23.7. The lowest BCUT2D eigenvalue weighted by atomic mass is 10.0. The monoisotopic (exact) mass is 242 g/mol. The highest BCUT2D eigenvalue weighted by Crippen LogP contribution is 2.17. The molecule has 1 fully saturated rings. The predicted molar refractivity (Wildman–Crippen MR) is 57.3 cm³/mol. The molecule has 0 aliphatic carbocycles. The molecule has 0 radical (unpaired) electrons. The maximum absolute atomic E-state index is 12.9. The first-order chi connectivity index (χ1) is 8.06. The lowest BCUT2D eigenvalue weighted by Gasteiger charge is -2.13. The Morgan fingerprint density at radius 1 is 1.29 bits per heavy atom. The number of nitrogens with one attached hydrogen (secondary N) is 1. The van der Waals surface area contributed by atoms with Crippen LogP contribution in [-0.4, -0.2) is 25.2 Å². The zero-order valence-corrected chi connectivity index (χ0v) is 8.95. The van der Waals surface area contributed by atoms with Crippen molar-refractivity contribution in [2.75, 3.05) is 18.5 Å². The molecule has 0 aromatic heterocycles. The van der Waals surface area contributed by atoms with Crippen molar-refractivity contribution < 1.29 is 18.3 Å². The van der Waals surface area contributed by atoms with Gasteiger partial charge in [0.05, 0.1) is 19.1 Å². The van der Waals surface area contributed by atoms with Gasteiger partial charge in [-0.05, 0) is 12.1 Å². The van der Waals surface area contributed by atoms with E-state index >= 15 is 0 Å². The largest absolute Gasteiger partial charge is 0.379 e. The summed E-state index contributed by atoms with van der Waals surface area (Å²) in [5.74, 6) is -2.36. The van der Waals surface area contributed by atoms with Crippen molar-refractivity contribution in [3.63, 3.8) is 0 Å². The van der Waals surface area contributed by atoms with Crippen LogP contribution in [0, 0.1) is 17.6 Å². The minimum Gasteiger partial charge on any atom is -0.379 e. The zero-order valence-electron chi connectivity index (χ0n) is 8.95. The van der Waals surface area contributed by atoms with Crippen LogP contribution in [0.15, 0.2) is 18.2 Å². The highest BCUT2D eigenvalue weighted by atomic mass is 19.1. The van der Waals surface area contributed by atoms with E-state index in [-0.39, 0.29) is 24.2 Å². The number of carbonyl (C=O) groups is 1. The van der Waals surface area contributed by atoms with Gasteiger partial charge < -0.3 is 15.8 Å². The SMILES string of the molecule is NC1COCC1C(=O)Nc1cc(F)cc(F)c1. The molecule has 2 rings (SSSR count). The van der Waals surface area contributed by atoms with E-state index in [1.165, 1.54) is 0 Å². The van der Waals surface area contributed by atoms with E-state index in [2.05, 4.69) is 5.32 Å². The summed E-state index contributed by atoms with van der Waals surface area (Å²) < 4.78 is 30.8. The van der Waals surface area contributed by atoms with Gasteiger partial charge in [0.2, 0.25) is 5.91 Å². The molecule has 92 valence electrons. The van der Waals surface area contributed by atoms with Gasteiger partial charge in [0.15, 0.2) is 0 Å². The molecule has 1 saturated heterocycles. The first-order valence-corrected chi connectivity index (χ1v) is 5.16. The van der Waals surface area contributed by atoms with Crippen molar-refractivity contribution in [1.82, 2.24) is 0 Å². The molecule has 0 bridgehead atoms. The Balaban J connectivity index is 2.07. The maximum atomic E-state index is 12.9. The number of anilines is 1. The van der Waals surface area contributed by atoms with Crippen molar-refractivity contribution in [2.24, 2.45) is 11.7 Å². The van der Waals surface area contributed by atoms with E-state index in [1.54, 1.807) is 0 Å². The van der Waals surface area contributed by atoms with Crippen LogP contribution < -0.4 is 11.1 Å². The molecule has 0 spiro atoms. The van der Waals surface area contributed by atoms with Gasteiger partial charge in [0, 0.05) is 17.8 Å². The second-order valence-electron chi connectivity index (χ2n) is 3.96. The zero-order chi connectivity index (χ0) is 12.4. The number of carbonyl (C=O) groups excluding carboxylic acids is 1. The predicted octanol–water partition coefficient (Wildman–Crippen LogP) is 0.877. The molecule has 1 aromatic rings. The highest BCUT2D eigenvalue weighted by Gasteiger charge is 2.31. The quantitative estimate of drug-likeness (QED) is 0.809. The topological polar surface area (TPSA) is 64.3 Å². The Bertz CT molecular complexity index is 419. The van der Waals surface area contributed by atoms with Gasteiger partial charge in [-0.1, -0.05) is 0 Å². The summed E-state index contributed by atoms with van der Waals surface area (Å²) in [4.78, 5) is 11.7. The second kappa shape index (κ2) is 4.77. The molecular formula is C11H12F2N2O2. The number of amides is 1.